The molecule has 0 aromatic heterocycles. The van der Waals surface area contributed by atoms with Crippen LogP contribution in [-0.4, -0.2) is 38.9 Å². The molecular weight excluding hydrogens is 322 g/mol. The van der Waals surface area contributed by atoms with Gasteiger partial charge in [0.2, 0.25) is 0 Å². The van der Waals surface area contributed by atoms with Crippen LogP contribution in [0, 0.1) is 0 Å². The first-order chi connectivity index (χ1) is 12.1. The van der Waals surface area contributed by atoms with E-state index in [4.69, 9.17) is 14.2 Å². The lowest BCUT2D eigenvalue weighted by atomic mass is 9.97. The number of carbonyl (C=O) groups is 1. The monoisotopic (exact) mass is 343 g/mol. The summed E-state index contributed by atoms with van der Waals surface area (Å²) in [7, 11) is 4.66. The van der Waals surface area contributed by atoms with Crippen LogP contribution >= 0.6 is 0 Å². The van der Waals surface area contributed by atoms with Crippen molar-refractivity contribution in [2.75, 3.05) is 32.8 Å². The van der Waals surface area contributed by atoms with Crippen LogP contribution in [0.3, 0.4) is 0 Å². The lowest BCUT2D eigenvalue weighted by Gasteiger charge is -2.32. The van der Waals surface area contributed by atoms with Crippen molar-refractivity contribution in [1.82, 2.24) is 0 Å². The summed E-state index contributed by atoms with van der Waals surface area (Å²) in [5.74, 6) is 1.58. The molecule has 1 atom stereocenters. The number of aliphatic hydroxyl groups excluding tert-OH is 1. The molecule has 1 aliphatic heterocycles. The van der Waals surface area contributed by atoms with Crippen molar-refractivity contribution in [3.63, 3.8) is 0 Å². The number of rotatable bonds is 4. The van der Waals surface area contributed by atoms with Crippen molar-refractivity contribution in [3.05, 3.63) is 47.5 Å². The lowest BCUT2D eigenvalue weighted by molar-refractivity contribution is 0.0969. The van der Waals surface area contributed by atoms with Gasteiger partial charge in [0.1, 0.15) is 17.2 Å². The topological polar surface area (TPSA) is 68.2 Å². The van der Waals surface area contributed by atoms with Gasteiger partial charge in [0.25, 0.3) is 5.91 Å². The summed E-state index contributed by atoms with van der Waals surface area (Å²) in [5, 5.41) is 10.3. The molecule has 6 nitrogen and oxygen atoms in total. The Labute approximate surface area is 146 Å². The van der Waals surface area contributed by atoms with Gasteiger partial charge in [-0.3, -0.25) is 4.79 Å². The minimum atomic E-state index is -0.617. The lowest BCUT2D eigenvalue weighted by Crippen LogP contribution is -2.36. The molecule has 1 N–H and O–H groups in total. The standard InChI is InChI=1S/C19H21NO5/c1-23-13-4-5-17-16(11-13)18(21)6-7-20(17)19(22)12-8-14(24-2)10-15(9-12)25-3/h4-5,8-11,18,21H,6-7H2,1-3H3. The molecule has 0 saturated carbocycles. The van der Waals surface area contributed by atoms with Crippen LogP contribution in [0.1, 0.15) is 28.4 Å². The van der Waals surface area contributed by atoms with E-state index in [1.807, 2.05) is 0 Å². The Balaban J connectivity index is 2.00. The van der Waals surface area contributed by atoms with Crippen molar-refractivity contribution in [3.8, 4) is 17.2 Å². The smallest absolute Gasteiger partial charge is 0.258 e. The molecule has 1 aliphatic rings. The number of methoxy groups -OCH3 is 3. The third-order valence-electron chi connectivity index (χ3n) is 4.35. The molecule has 1 amide bonds. The molecule has 132 valence electrons. The average molecular weight is 343 g/mol. The van der Waals surface area contributed by atoms with E-state index in [-0.39, 0.29) is 5.91 Å². The van der Waals surface area contributed by atoms with Gasteiger partial charge in [-0.05, 0) is 36.8 Å². The molecule has 6 heteroatoms. The fraction of sp³-hybridized carbons (Fsp3) is 0.316. The first-order valence-corrected chi connectivity index (χ1v) is 7.98. The second-order valence-electron chi connectivity index (χ2n) is 5.79. The van der Waals surface area contributed by atoms with Gasteiger partial charge in [-0.25, -0.2) is 0 Å². The van der Waals surface area contributed by atoms with Crippen LogP contribution in [-0.2, 0) is 0 Å². The van der Waals surface area contributed by atoms with E-state index in [2.05, 4.69) is 0 Å². The summed E-state index contributed by atoms with van der Waals surface area (Å²) in [6.07, 6.45) is -0.151. The van der Waals surface area contributed by atoms with Crippen LogP contribution in [0.25, 0.3) is 0 Å². The molecule has 0 aliphatic carbocycles. The van der Waals surface area contributed by atoms with Gasteiger partial charge in [0, 0.05) is 23.7 Å². The third-order valence-corrected chi connectivity index (χ3v) is 4.35. The zero-order valence-electron chi connectivity index (χ0n) is 14.5. The van der Waals surface area contributed by atoms with Crippen molar-refractivity contribution in [1.29, 1.82) is 0 Å². The molecule has 2 aromatic rings. The molecular formula is C19H21NO5. The average Bonchev–Trinajstić information content (AvgIpc) is 2.67. The van der Waals surface area contributed by atoms with Crippen molar-refractivity contribution >= 4 is 11.6 Å². The normalized spacial score (nSPS) is 16.2. The van der Waals surface area contributed by atoms with E-state index in [1.54, 1.807) is 62.6 Å². The first-order valence-electron chi connectivity index (χ1n) is 7.98. The maximum absolute atomic E-state index is 13.1. The summed E-state index contributed by atoms with van der Waals surface area (Å²) in [6, 6.07) is 10.4. The summed E-state index contributed by atoms with van der Waals surface area (Å²) in [4.78, 5) is 14.7. The molecule has 25 heavy (non-hydrogen) atoms. The highest BCUT2D eigenvalue weighted by atomic mass is 16.5. The van der Waals surface area contributed by atoms with Crippen molar-refractivity contribution in [2.45, 2.75) is 12.5 Å². The highest BCUT2D eigenvalue weighted by Gasteiger charge is 2.29. The molecule has 3 rings (SSSR count). The fourth-order valence-corrected chi connectivity index (χ4v) is 3.00. The number of amides is 1. The van der Waals surface area contributed by atoms with Crippen LogP contribution in [0.4, 0.5) is 5.69 Å². The molecule has 0 saturated heterocycles. The summed E-state index contributed by atoms with van der Waals surface area (Å²) < 4.78 is 15.7. The zero-order valence-corrected chi connectivity index (χ0v) is 14.5. The molecule has 2 aromatic carbocycles. The Hall–Kier alpha value is -2.73. The number of hydrogen-bond donors (Lipinski definition) is 1. The second kappa shape index (κ2) is 7.03. The van der Waals surface area contributed by atoms with Crippen LogP contribution in [0.2, 0.25) is 0 Å². The van der Waals surface area contributed by atoms with Gasteiger partial charge in [0.05, 0.1) is 33.1 Å². The van der Waals surface area contributed by atoms with Gasteiger partial charge in [0.15, 0.2) is 0 Å². The maximum atomic E-state index is 13.1. The van der Waals surface area contributed by atoms with E-state index >= 15 is 0 Å². The SMILES string of the molecule is COc1cc(OC)cc(C(=O)N2CCC(O)c3cc(OC)ccc32)c1. The van der Waals surface area contributed by atoms with Crippen LogP contribution in [0.15, 0.2) is 36.4 Å². The molecule has 0 spiro atoms. The van der Waals surface area contributed by atoms with E-state index < -0.39 is 6.10 Å². The number of hydrogen-bond acceptors (Lipinski definition) is 5. The molecule has 1 unspecified atom stereocenters. The van der Waals surface area contributed by atoms with E-state index in [9.17, 15) is 9.90 Å². The Morgan fingerprint density at radius 2 is 1.64 bits per heavy atom. The number of nitrogens with zero attached hydrogens (tertiary/aromatic N) is 1. The van der Waals surface area contributed by atoms with E-state index in [0.717, 1.165) is 0 Å². The summed E-state index contributed by atoms with van der Waals surface area (Å²) in [6.45, 7) is 0.429. The molecule has 1 heterocycles. The molecule has 0 bridgehead atoms. The largest absolute Gasteiger partial charge is 0.497 e. The van der Waals surface area contributed by atoms with E-state index in [1.165, 1.54) is 0 Å². The highest BCUT2D eigenvalue weighted by molar-refractivity contribution is 6.07. The minimum absolute atomic E-state index is 0.171. The first kappa shape index (κ1) is 17.1. The van der Waals surface area contributed by atoms with Gasteiger partial charge < -0.3 is 24.2 Å². The van der Waals surface area contributed by atoms with E-state index in [0.29, 0.717) is 47.0 Å². The van der Waals surface area contributed by atoms with Gasteiger partial charge in [-0.2, -0.15) is 0 Å². The Morgan fingerprint density at radius 3 is 2.24 bits per heavy atom. The summed E-state index contributed by atoms with van der Waals surface area (Å²) in [5.41, 5.74) is 1.84. The Kier molecular flexibility index (Phi) is 4.81. The Morgan fingerprint density at radius 1 is 1.00 bits per heavy atom. The van der Waals surface area contributed by atoms with Crippen molar-refractivity contribution in [2.24, 2.45) is 0 Å². The zero-order chi connectivity index (χ0) is 18.0. The maximum Gasteiger partial charge on any atom is 0.258 e. The number of carbonyl (C=O) groups excluding carboxylic acids is 1. The highest BCUT2D eigenvalue weighted by Crippen LogP contribution is 2.37. The number of ether oxygens (including phenoxy) is 3. The van der Waals surface area contributed by atoms with Crippen LogP contribution < -0.4 is 19.1 Å². The van der Waals surface area contributed by atoms with Crippen molar-refractivity contribution < 1.29 is 24.1 Å². The Bertz CT molecular complexity index is 767. The molecule has 0 fully saturated rings. The third kappa shape index (κ3) is 3.25. The van der Waals surface area contributed by atoms with Gasteiger partial charge in [-0.1, -0.05) is 0 Å². The number of fused-ring (bicyclic) bond motifs is 1. The van der Waals surface area contributed by atoms with Gasteiger partial charge >= 0.3 is 0 Å². The summed E-state index contributed by atoms with van der Waals surface area (Å²) >= 11 is 0. The number of aliphatic hydroxyl groups is 1. The fourth-order valence-electron chi connectivity index (χ4n) is 3.00. The number of benzene rings is 2. The predicted octanol–water partition coefficient (Wildman–Crippen LogP) is 2.80. The van der Waals surface area contributed by atoms with Gasteiger partial charge in [-0.15, -0.1) is 0 Å². The predicted molar refractivity (Wildman–Crippen MR) is 93.8 cm³/mol. The minimum Gasteiger partial charge on any atom is -0.497 e. The molecule has 0 radical (unpaired) electrons. The second-order valence-corrected chi connectivity index (χ2v) is 5.79. The van der Waals surface area contributed by atoms with Crippen LogP contribution in [0.5, 0.6) is 17.2 Å². The number of anilines is 1. The quantitative estimate of drug-likeness (QED) is 0.924.